The lowest BCUT2D eigenvalue weighted by atomic mass is 10.2. The molecule has 0 fully saturated rings. The molecule has 0 radical (unpaired) electrons. The molecule has 3 heterocycles. The van der Waals surface area contributed by atoms with Crippen LogP contribution < -0.4 is 15.8 Å². The zero-order valence-electron chi connectivity index (χ0n) is 10.7. The Labute approximate surface area is 114 Å². The summed E-state index contributed by atoms with van der Waals surface area (Å²) in [6.45, 7) is 0. The minimum atomic E-state index is 0.234. The van der Waals surface area contributed by atoms with Crippen molar-refractivity contribution in [3.8, 4) is 5.75 Å². The molecular formula is C13H12N6O. The first-order chi connectivity index (χ1) is 9.76. The molecule has 3 N–H and O–H groups in total. The standard InChI is InChI=1S/C13H12N6O/c1-20-9-4-11-12(16-7-9)10(2-3-15-11)19-8-5-17-13(14)18-6-8/h2-7H,1H3,(H,15,19)(H2,14,17,18). The van der Waals surface area contributed by atoms with Gasteiger partial charge in [0.25, 0.3) is 0 Å². The molecule has 0 aliphatic carbocycles. The maximum absolute atomic E-state index is 5.46. The molecule has 0 aliphatic rings. The zero-order valence-corrected chi connectivity index (χ0v) is 10.7. The molecule has 3 aromatic rings. The number of anilines is 3. The Hall–Kier alpha value is -2.96. The van der Waals surface area contributed by atoms with Gasteiger partial charge in [-0.15, -0.1) is 0 Å². The summed E-state index contributed by atoms with van der Waals surface area (Å²) in [5.41, 5.74) is 8.48. The average Bonchev–Trinajstić information content (AvgIpc) is 2.49. The minimum absolute atomic E-state index is 0.234. The fourth-order valence-electron chi connectivity index (χ4n) is 1.78. The van der Waals surface area contributed by atoms with Gasteiger partial charge in [0.1, 0.15) is 11.3 Å². The van der Waals surface area contributed by atoms with E-state index in [0.29, 0.717) is 5.75 Å². The van der Waals surface area contributed by atoms with Gasteiger partial charge in [-0.25, -0.2) is 15.0 Å². The summed E-state index contributed by atoms with van der Waals surface area (Å²) in [4.78, 5) is 16.5. The molecule has 0 aromatic carbocycles. The molecular weight excluding hydrogens is 256 g/mol. The lowest BCUT2D eigenvalue weighted by Crippen LogP contribution is -1.98. The maximum atomic E-state index is 5.46. The molecule has 0 atom stereocenters. The Bertz CT molecular complexity index is 743. The molecule has 3 aromatic heterocycles. The predicted molar refractivity (Wildman–Crippen MR) is 75.8 cm³/mol. The first-order valence-corrected chi connectivity index (χ1v) is 5.89. The number of nitrogens with zero attached hydrogens (tertiary/aromatic N) is 4. The summed E-state index contributed by atoms with van der Waals surface area (Å²) in [6, 6.07) is 3.66. The lowest BCUT2D eigenvalue weighted by Gasteiger charge is -2.08. The summed E-state index contributed by atoms with van der Waals surface area (Å²) in [5, 5.41) is 3.19. The third-order valence-corrected chi connectivity index (χ3v) is 2.74. The second-order valence-electron chi connectivity index (χ2n) is 4.06. The molecule has 0 spiro atoms. The summed E-state index contributed by atoms with van der Waals surface area (Å²) in [5.74, 6) is 0.899. The number of rotatable bonds is 3. The van der Waals surface area contributed by atoms with Crippen LogP contribution in [0.25, 0.3) is 11.0 Å². The van der Waals surface area contributed by atoms with Gasteiger partial charge < -0.3 is 15.8 Å². The van der Waals surface area contributed by atoms with Gasteiger partial charge in [-0.05, 0) is 6.07 Å². The molecule has 100 valence electrons. The van der Waals surface area contributed by atoms with E-state index >= 15 is 0 Å². The monoisotopic (exact) mass is 268 g/mol. The van der Waals surface area contributed by atoms with E-state index in [9.17, 15) is 0 Å². The highest BCUT2D eigenvalue weighted by molar-refractivity contribution is 5.89. The van der Waals surface area contributed by atoms with E-state index in [1.165, 1.54) is 0 Å². The van der Waals surface area contributed by atoms with Crippen LogP contribution in [0.3, 0.4) is 0 Å². The van der Waals surface area contributed by atoms with Crippen LogP contribution in [-0.2, 0) is 0 Å². The van der Waals surface area contributed by atoms with Crippen molar-refractivity contribution in [2.24, 2.45) is 0 Å². The van der Waals surface area contributed by atoms with Crippen molar-refractivity contribution >= 4 is 28.4 Å². The van der Waals surface area contributed by atoms with Gasteiger partial charge in [0.2, 0.25) is 5.95 Å². The van der Waals surface area contributed by atoms with Crippen LogP contribution in [0, 0.1) is 0 Å². The van der Waals surface area contributed by atoms with Crippen LogP contribution >= 0.6 is 0 Å². The highest BCUT2D eigenvalue weighted by Crippen LogP contribution is 2.25. The van der Waals surface area contributed by atoms with Gasteiger partial charge in [0.05, 0.1) is 42.6 Å². The van der Waals surface area contributed by atoms with Gasteiger partial charge in [0, 0.05) is 12.3 Å². The van der Waals surface area contributed by atoms with E-state index in [2.05, 4.69) is 25.3 Å². The van der Waals surface area contributed by atoms with Crippen LogP contribution in [0.4, 0.5) is 17.3 Å². The van der Waals surface area contributed by atoms with Crippen molar-refractivity contribution in [1.82, 2.24) is 19.9 Å². The fraction of sp³-hybridized carbons (Fsp3) is 0.0769. The van der Waals surface area contributed by atoms with Crippen molar-refractivity contribution in [2.45, 2.75) is 0 Å². The van der Waals surface area contributed by atoms with E-state index < -0.39 is 0 Å². The van der Waals surface area contributed by atoms with Crippen LogP contribution in [-0.4, -0.2) is 27.0 Å². The van der Waals surface area contributed by atoms with Gasteiger partial charge >= 0.3 is 0 Å². The zero-order chi connectivity index (χ0) is 13.9. The lowest BCUT2D eigenvalue weighted by molar-refractivity contribution is 0.413. The van der Waals surface area contributed by atoms with Gasteiger partial charge in [-0.1, -0.05) is 0 Å². The normalized spacial score (nSPS) is 10.4. The number of ether oxygens (including phenoxy) is 1. The second kappa shape index (κ2) is 4.96. The van der Waals surface area contributed by atoms with Crippen LogP contribution in [0.1, 0.15) is 0 Å². The smallest absolute Gasteiger partial charge is 0.220 e. The molecule has 0 bridgehead atoms. The average molecular weight is 268 g/mol. The number of hydrogen-bond acceptors (Lipinski definition) is 7. The number of methoxy groups -OCH3 is 1. The van der Waals surface area contributed by atoms with E-state index in [-0.39, 0.29) is 5.95 Å². The van der Waals surface area contributed by atoms with Gasteiger partial charge in [-0.3, -0.25) is 4.98 Å². The van der Waals surface area contributed by atoms with E-state index in [1.54, 1.807) is 31.9 Å². The van der Waals surface area contributed by atoms with Crippen molar-refractivity contribution < 1.29 is 4.74 Å². The van der Waals surface area contributed by atoms with Gasteiger partial charge in [0.15, 0.2) is 0 Å². The number of fused-ring (bicyclic) bond motifs is 1. The maximum Gasteiger partial charge on any atom is 0.220 e. The Kier molecular flexibility index (Phi) is 3.00. The fourth-order valence-corrected chi connectivity index (χ4v) is 1.78. The molecule has 7 heteroatoms. The molecule has 0 saturated carbocycles. The SMILES string of the molecule is COc1cnc2c(Nc3cnc(N)nc3)ccnc2c1. The molecule has 0 amide bonds. The minimum Gasteiger partial charge on any atom is -0.495 e. The van der Waals surface area contributed by atoms with Crippen molar-refractivity contribution in [1.29, 1.82) is 0 Å². The van der Waals surface area contributed by atoms with Crippen LogP contribution in [0.5, 0.6) is 5.75 Å². The number of hydrogen-bond donors (Lipinski definition) is 2. The summed E-state index contributed by atoms with van der Waals surface area (Å²) >= 11 is 0. The van der Waals surface area contributed by atoms with Crippen LogP contribution in [0.15, 0.2) is 36.9 Å². The Balaban J connectivity index is 2.01. The molecule has 0 saturated heterocycles. The van der Waals surface area contributed by atoms with Crippen molar-refractivity contribution in [3.63, 3.8) is 0 Å². The summed E-state index contributed by atoms with van der Waals surface area (Å²) in [6.07, 6.45) is 6.56. The van der Waals surface area contributed by atoms with Crippen LogP contribution in [0.2, 0.25) is 0 Å². The predicted octanol–water partition coefficient (Wildman–Crippen LogP) is 1.75. The number of nitrogens with one attached hydrogen (secondary N) is 1. The van der Waals surface area contributed by atoms with E-state index in [1.807, 2.05) is 12.1 Å². The molecule has 7 nitrogen and oxygen atoms in total. The largest absolute Gasteiger partial charge is 0.495 e. The molecule has 0 aliphatic heterocycles. The third-order valence-electron chi connectivity index (χ3n) is 2.74. The Morgan fingerprint density at radius 1 is 1.10 bits per heavy atom. The number of nitrogen functional groups attached to an aromatic ring is 1. The number of pyridine rings is 2. The van der Waals surface area contributed by atoms with E-state index in [4.69, 9.17) is 10.5 Å². The number of aromatic nitrogens is 4. The Morgan fingerprint density at radius 2 is 1.90 bits per heavy atom. The highest BCUT2D eigenvalue weighted by atomic mass is 16.5. The molecule has 20 heavy (non-hydrogen) atoms. The third kappa shape index (κ3) is 2.28. The first-order valence-electron chi connectivity index (χ1n) is 5.89. The van der Waals surface area contributed by atoms with Gasteiger partial charge in [-0.2, -0.15) is 0 Å². The number of nitrogens with two attached hydrogens (primary N) is 1. The topological polar surface area (TPSA) is 98.8 Å². The quantitative estimate of drug-likeness (QED) is 0.746. The molecule has 3 rings (SSSR count). The highest BCUT2D eigenvalue weighted by Gasteiger charge is 2.05. The Morgan fingerprint density at radius 3 is 2.65 bits per heavy atom. The molecule has 0 unspecified atom stereocenters. The summed E-state index contributed by atoms with van der Waals surface area (Å²) in [7, 11) is 1.59. The van der Waals surface area contributed by atoms with E-state index in [0.717, 1.165) is 22.4 Å². The van der Waals surface area contributed by atoms with Crippen molar-refractivity contribution in [2.75, 3.05) is 18.2 Å². The first kappa shape index (κ1) is 12.1. The second-order valence-corrected chi connectivity index (χ2v) is 4.06. The van der Waals surface area contributed by atoms with Crippen molar-refractivity contribution in [3.05, 3.63) is 36.9 Å². The summed E-state index contributed by atoms with van der Waals surface area (Å²) < 4.78 is 5.14.